The Kier molecular flexibility index (Phi) is 5.70. The van der Waals surface area contributed by atoms with Crippen LogP contribution in [0.3, 0.4) is 0 Å². The fraction of sp³-hybridized carbons (Fsp3) is 0.500. The molecule has 0 bridgehead atoms. The van der Waals surface area contributed by atoms with Crippen molar-refractivity contribution in [1.82, 2.24) is 4.57 Å². The third-order valence-corrected chi connectivity index (χ3v) is 4.93. The van der Waals surface area contributed by atoms with E-state index in [1.807, 2.05) is 6.92 Å². The zero-order valence-corrected chi connectivity index (χ0v) is 15.8. The molecule has 2 aromatic rings. The first-order valence-corrected chi connectivity index (χ1v) is 9.37. The second kappa shape index (κ2) is 8.00. The number of unbranched alkanes of at least 4 members (excludes halogenated alkanes) is 1. The molecule has 1 fully saturated rings. The molecule has 7 heteroatoms. The third kappa shape index (κ3) is 3.93. The molecule has 1 aromatic heterocycles. The third-order valence-electron chi connectivity index (χ3n) is 4.93. The summed E-state index contributed by atoms with van der Waals surface area (Å²) >= 11 is 0. The van der Waals surface area contributed by atoms with Crippen molar-refractivity contribution in [2.75, 3.05) is 18.6 Å². The van der Waals surface area contributed by atoms with Gasteiger partial charge in [0.05, 0.1) is 18.6 Å². The Bertz CT molecular complexity index is 901. The molecular formula is C20H26N2O5. The standard InChI is InChI=1S/C20H26N2O5/c1-3-4-9-27-17-16-10-14(12-23)7-8-15(16)19(24)22(11-13-5-6-13)18(17)21(2)20(25)26/h7-8,10,13,23H,3-6,9,11-12H2,1-2H3,(H,25,26). The fourth-order valence-corrected chi connectivity index (χ4v) is 3.16. The van der Waals surface area contributed by atoms with Gasteiger partial charge in [0.2, 0.25) is 0 Å². The average molecular weight is 374 g/mol. The van der Waals surface area contributed by atoms with Gasteiger partial charge in [-0.2, -0.15) is 0 Å². The van der Waals surface area contributed by atoms with E-state index in [1.165, 1.54) is 11.6 Å². The Morgan fingerprint density at radius 2 is 2.07 bits per heavy atom. The molecule has 0 spiro atoms. The highest BCUT2D eigenvalue weighted by Gasteiger charge is 2.29. The first-order valence-electron chi connectivity index (χ1n) is 9.37. The maximum Gasteiger partial charge on any atom is 0.412 e. The number of pyridine rings is 1. The number of rotatable bonds is 8. The number of carboxylic acid groups (broad SMARTS) is 1. The largest absolute Gasteiger partial charge is 0.489 e. The number of anilines is 1. The van der Waals surface area contributed by atoms with Gasteiger partial charge >= 0.3 is 6.09 Å². The minimum absolute atomic E-state index is 0.167. The van der Waals surface area contributed by atoms with Crippen molar-refractivity contribution in [3.8, 4) is 5.75 Å². The van der Waals surface area contributed by atoms with Gasteiger partial charge in [-0.15, -0.1) is 0 Å². The lowest BCUT2D eigenvalue weighted by molar-refractivity contribution is 0.202. The summed E-state index contributed by atoms with van der Waals surface area (Å²) in [5.74, 6) is 1.04. The highest BCUT2D eigenvalue weighted by molar-refractivity contribution is 5.96. The number of hydrogen-bond donors (Lipinski definition) is 2. The molecule has 0 aliphatic heterocycles. The summed E-state index contributed by atoms with van der Waals surface area (Å²) in [7, 11) is 1.43. The highest BCUT2D eigenvalue weighted by Crippen LogP contribution is 2.38. The van der Waals surface area contributed by atoms with Gasteiger partial charge in [0, 0.05) is 19.0 Å². The van der Waals surface area contributed by atoms with E-state index in [2.05, 4.69) is 0 Å². The van der Waals surface area contributed by atoms with Crippen LogP contribution in [0.2, 0.25) is 0 Å². The lowest BCUT2D eigenvalue weighted by Crippen LogP contribution is -2.33. The molecule has 0 atom stereocenters. The Balaban J connectivity index is 2.29. The van der Waals surface area contributed by atoms with Gasteiger partial charge in [0.15, 0.2) is 11.6 Å². The summed E-state index contributed by atoms with van der Waals surface area (Å²) in [5.41, 5.74) is 0.415. The van der Waals surface area contributed by atoms with Crippen LogP contribution >= 0.6 is 0 Å². The molecule has 0 saturated heterocycles. The summed E-state index contributed by atoms with van der Waals surface area (Å²) in [4.78, 5) is 25.9. The van der Waals surface area contributed by atoms with Crippen molar-refractivity contribution >= 4 is 22.7 Å². The van der Waals surface area contributed by atoms with E-state index in [0.717, 1.165) is 30.6 Å². The number of aromatic nitrogens is 1. The van der Waals surface area contributed by atoms with Gasteiger partial charge in [-0.1, -0.05) is 19.4 Å². The number of aliphatic hydroxyl groups is 1. The molecule has 1 aliphatic carbocycles. The number of fused-ring (bicyclic) bond motifs is 1. The molecular weight excluding hydrogens is 348 g/mol. The van der Waals surface area contributed by atoms with Crippen LogP contribution in [-0.4, -0.2) is 34.5 Å². The molecule has 1 heterocycles. The molecule has 146 valence electrons. The maximum atomic E-state index is 13.1. The van der Waals surface area contributed by atoms with Gasteiger partial charge in [-0.05, 0) is 42.9 Å². The van der Waals surface area contributed by atoms with Crippen LogP contribution in [0.25, 0.3) is 10.8 Å². The molecule has 1 saturated carbocycles. The molecule has 27 heavy (non-hydrogen) atoms. The summed E-state index contributed by atoms with van der Waals surface area (Å²) < 4.78 is 7.55. The Morgan fingerprint density at radius 3 is 2.67 bits per heavy atom. The van der Waals surface area contributed by atoms with E-state index in [1.54, 1.807) is 18.2 Å². The summed E-state index contributed by atoms with van der Waals surface area (Å²) in [6, 6.07) is 5.10. The van der Waals surface area contributed by atoms with E-state index >= 15 is 0 Å². The van der Waals surface area contributed by atoms with Crippen LogP contribution in [0, 0.1) is 5.92 Å². The van der Waals surface area contributed by atoms with Crippen molar-refractivity contribution in [3.63, 3.8) is 0 Å². The van der Waals surface area contributed by atoms with E-state index < -0.39 is 6.09 Å². The second-order valence-corrected chi connectivity index (χ2v) is 7.09. The minimum atomic E-state index is -1.16. The zero-order valence-electron chi connectivity index (χ0n) is 15.8. The van der Waals surface area contributed by atoms with Crippen molar-refractivity contribution in [2.45, 2.75) is 45.8 Å². The number of hydrogen-bond acceptors (Lipinski definition) is 4. The predicted molar refractivity (Wildman–Crippen MR) is 104 cm³/mol. The normalized spacial score (nSPS) is 13.7. The number of ether oxygens (including phenoxy) is 1. The van der Waals surface area contributed by atoms with Crippen molar-refractivity contribution in [1.29, 1.82) is 0 Å². The molecule has 1 aliphatic rings. The quantitative estimate of drug-likeness (QED) is 0.692. The van der Waals surface area contributed by atoms with Crippen LogP contribution in [0.1, 0.15) is 38.2 Å². The van der Waals surface area contributed by atoms with Crippen LogP contribution < -0.4 is 15.2 Å². The monoisotopic (exact) mass is 374 g/mol. The molecule has 1 aromatic carbocycles. The topological polar surface area (TPSA) is 92.0 Å². The molecule has 2 N–H and O–H groups in total. The van der Waals surface area contributed by atoms with Crippen LogP contribution in [-0.2, 0) is 13.2 Å². The number of aliphatic hydroxyl groups excluding tert-OH is 1. The molecule has 7 nitrogen and oxygen atoms in total. The second-order valence-electron chi connectivity index (χ2n) is 7.09. The van der Waals surface area contributed by atoms with E-state index in [0.29, 0.717) is 41.2 Å². The van der Waals surface area contributed by atoms with Crippen LogP contribution in [0.15, 0.2) is 23.0 Å². The van der Waals surface area contributed by atoms with Gasteiger partial charge in [0.1, 0.15) is 0 Å². The Hall–Kier alpha value is -2.54. The number of nitrogens with zero attached hydrogens (tertiary/aromatic N) is 2. The first kappa shape index (κ1) is 19.2. The van der Waals surface area contributed by atoms with Crippen LogP contribution in [0.5, 0.6) is 5.75 Å². The molecule has 0 unspecified atom stereocenters. The average Bonchev–Trinajstić information content (AvgIpc) is 3.48. The lowest BCUT2D eigenvalue weighted by Gasteiger charge is -2.24. The van der Waals surface area contributed by atoms with Crippen molar-refractivity contribution < 1.29 is 19.7 Å². The molecule has 0 radical (unpaired) electrons. The van der Waals surface area contributed by atoms with Gasteiger partial charge in [0.25, 0.3) is 5.56 Å². The highest BCUT2D eigenvalue weighted by atomic mass is 16.5. The number of carbonyl (C=O) groups is 1. The zero-order chi connectivity index (χ0) is 19.6. The van der Waals surface area contributed by atoms with Crippen LogP contribution in [0.4, 0.5) is 10.6 Å². The number of amides is 1. The first-order chi connectivity index (χ1) is 13.0. The lowest BCUT2D eigenvalue weighted by atomic mass is 10.1. The smallest absolute Gasteiger partial charge is 0.412 e. The van der Waals surface area contributed by atoms with E-state index in [-0.39, 0.29) is 18.0 Å². The van der Waals surface area contributed by atoms with Gasteiger partial charge in [-0.3, -0.25) is 14.3 Å². The summed E-state index contributed by atoms with van der Waals surface area (Å²) in [6.07, 6.45) is 2.67. The van der Waals surface area contributed by atoms with Crippen molar-refractivity contribution in [2.24, 2.45) is 5.92 Å². The predicted octanol–water partition coefficient (Wildman–Crippen LogP) is 3.20. The number of benzene rings is 1. The molecule has 1 amide bonds. The SMILES string of the molecule is CCCCOc1c(N(C)C(=O)O)n(CC2CC2)c(=O)c2ccc(CO)cc12. The summed E-state index contributed by atoms with van der Waals surface area (Å²) in [5, 5.41) is 20.1. The van der Waals surface area contributed by atoms with Gasteiger partial charge < -0.3 is 14.9 Å². The Morgan fingerprint density at radius 1 is 1.33 bits per heavy atom. The van der Waals surface area contributed by atoms with E-state index in [9.17, 15) is 19.8 Å². The maximum absolute atomic E-state index is 13.1. The fourth-order valence-electron chi connectivity index (χ4n) is 3.16. The van der Waals surface area contributed by atoms with Gasteiger partial charge in [-0.25, -0.2) is 4.79 Å². The Labute approximate surface area is 157 Å². The minimum Gasteiger partial charge on any atom is -0.489 e. The molecule has 3 rings (SSSR count). The van der Waals surface area contributed by atoms with E-state index in [4.69, 9.17) is 4.74 Å². The summed E-state index contributed by atoms with van der Waals surface area (Å²) in [6.45, 7) is 2.79. The van der Waals surface area contributed by atoms with Crippen molar-refractivity contribution in [3.05, 3.63) is 34.1 Å².